The van der Waals surface area contributed by atoms with Crippen LogP contribution in [0, 0.1) is 28.6 Å². The maximum atomic E-state index is 11.9. The third-order valence-corrected chi connectivity index (χ3v) is 8.32. The number of hydrogen-bond donors (Lipinski definition) is 1. The SMILES string of the molecule is C[C@]12CCC(=O)C=C1CC[C@@H]1[C@@H]2CC[C@]2(C)C(c3cc[nH]n3)=CC[C@@H]12. The smallest absolute Gasteiger partial charge is 0.155 e. The van der Waals surface area contributed by atoms with E-state index in [0.29, 0.717) is 5.78 Å². The molecule has 132 valence electrons. The van der Waals surface area contributed by atoms with E-state index in [0.717, 1.165) is 42.7 Å². The lowest BCUT2D eigenvalue weighted by molar-refractivity contribution is -0.117. The third-order valence-electron chi connectivity index (χ3n) is 8.32. The lowest BCUT2D eigenvalue weighted by Gasteiger charge is -2.57. The van der Waals surface area contributed by atoms with Gasteiger partial charge in [0, 0.05) is 12.6 Å². The number of ketones is 1. The molecule has 0 saturated heterocycles. The first-order valence-electron chi connectivity index (χ1n) is 9.97. The number of fused-ring (bicyclic) bond motifs is 5. The number of rotatable bonds is 1. The van der Waals surface area contributed by atoms with Gasteiger partial charge < -0.3 is 0 Å². The van der Waals surface area contributed by atoms with Crippen LogP contribution in [-0.2, 0) is 4.79 Å². The zero-order valence-electron chi connectivity index (χ0n) is 15.3. The topological polar surface area (TPSA) is 45.8 Å². The summed E-state index contributed by atoms with van der Waals surface area (Å²) in [5, 5.41) is 7.48. The predicted octanol–water partition coefficient (Wildman–Crippen LogP) is 4.93. The molecule has 2 fully saturated rings. The highest BCUT2D eigenvalue weighted by atomic mass is 16.1. The summed E-state index contributed by atoms with van der Waals surface area (Å²) in [6.45, 7) is 4.95. The molecule has 25 heavy (non-hydrogen) atoms. The summed E-state index contributed by atoms with van der Waals surface area (Å²) in [5.74, 6) is 2.65. The van der Waals surface area contributed by atoms with Gasteiger partial charge in [-0.2, -0.15) is 5.10 Å². The van der Waals surface area contributed by atoms with Crippen LogP contribution < -0.4 is 0 Å². The van der Waals surface area contributed by atoms with Gasteiger partial charge >= 0.3 is 0 Å². The standard InChI is InChI=1S/C22H28N2O/c1-21-10-7-15(25)13-14(21)3-4-16-17-5-6-19(20-9-12-23-24-20)22(17,2)11-8-18(16)21/h6,9,12-13,16-18H,3-5,7-8,10-11H2,1-2H3,(H,23,24)/t16-,17-,18-,21-,22-/m0/s1. The fraction of sp³-hybridized carbons (Fsp3) is 0.636. The Balaban J connectivity index is 1.49. The van der Waals surface area contributed by atoms with Gasteiger partial charge in [-0.15, -0.1) is 0 Å². The van der Waals surface area contributed by atoms with E-state index in [1.165, 1.54) is 36.8 Å². The second-order valence-electron chi connectivity index (χ2n) is 9.24. The first-order valence-corrected chi connectivity index (χ1v) is 9.97. The quantitative estimate of drug-likeness (QED) is 0.790. The van der Waals surface area contributed by atoms with Crippen LogP contribution in [0.3, 0.4) is 0 Å². The van der Waals surface area contributed by atoms with Crippen molar-refractivity contribution in [3.8, 4) is 0 Å². The molecule has 4 aliphatic carbocycles. The van der Waals surface area contributed by atoms with Crippen molar-refractivity contribution in [3.05, 3.63) is 35.7 Å². The van der Waals surface area contributed by atoms with Crippen LogP contribution in [0.5, 0.6) is 0 Å². The minimum atomic E-state index is 0.271. The number of carbonyl (C=O) groups excluding carboxylic acids is 1. The van der Waals surface area contributed by atoms with Gasteiger partial charge in [0.25, 0.3) is 0 Å². The van der Waals surface area contributed by atoms with Gasteiger partial charge in [0.05, 0.1) is 5.69 Å². The van der Waals surface area contributed by atoms with Crippen molar-refractivity contribution in [1.29, 1.82) is 0 Å². The van der Waals surface area contributed by atoms with Gasteiger partial charge in [0.15, 0.2) is 5.78 Å². The van der Waals surface area contributed by atoms with Crippen molar-refractivity contribution in [3.63, 3.8) is 0 Å². The summed E-state index contributed by atoms with van der Waals surface area (Å²) in [6.07, 6.45) is 14.4. The Labute approximate surface area is 150 Å². The number of nitrogens with zero attached hydrogens (tertiary/aromatic N) is 1. The molecule has 0 aromatic carbocycles. The molecule has 2 saturated carbocycles. The maximum Gasteiger partial charge on any atom is 0.155 e. The van der Waals surface area contributed by atoms with Crippen LogP contribution >= 0.6 is 0 Å². The molecule has 1 N–H and O–H groups in total. The minimum absolute atomic E-state index is 0.271. The number of allylic oxidation sites excluding steroid dienone is 4. The molecule has 0 amide bonds. The van der Waals surface area contributed by atoms with Crippen molar-refractivity contribution in [2.75, 3.05) is 0 Å². The molecule has 0 spiro atoms. The fourth-order valence-corrected chi connectivity index (χ4v) is 6.93. The van der Waals surface area contributed by atoms with E-state index < -0.39 is 0 Å². The highest BCUT2D eigenvalue weighted by Crippen LogP contribution is 2.66. The van der Waals surface area contributed by atoms with E-state index in [9.17, 15) is 4.79 Å². The summed E-state index contributed by atoms with van der Waals surface area (Å²) in [4.78, 5) is 11.9. The van der Waals surface area contributed by atoms with Crippen LogP contribution in [0.1, 0.15) is 64.5 Å². The monoisotopic (exact) mass is 336 g/mol. The summed E-state index contributed by atoms with van der Waals surface area (Å²) in [6, 6.07) is 2.13. The van der Waals surface area contributed by atoms with Crippen molar-refractivity contribution in [2.45, 2.75) is 58.8 Å². The molecule has 0 aliphatic heterocycles. The molecular weight excluding hydrogens is 308 g/mol. The lowest BCUT2D eigenvalue weighted by atomic mass is 9.47. The zero-order valence-corrected chi connectivity index (χ0v) is 15.3. The highest BCUT2D eigenvalue weighted by molar-refractivity contribution is 5.91. The number of carbonyl (C=O) groups is 1. The minimum Gasteiger partial charge on any atom is -0.295 e. The molecule has 3 heteroatoms. The van der Waals surface area contributed by atoms with Crippen LogP contribution in [-0.4, -0.2) is 16.0 Å². The average Bonchev–Trinajstić information content (AvgIpc) is 3.22. The normalized spacial score (nSPS) is 43.0. The first-order chi connectivity index (χ1) is 12.0. The molecular formula is C22H28N2O. The van der Waals surface area contributed by atoms with E-state index >= 15 is 0 Å². The van der Waals surface area contributed by atoms with Gasteiger partial charge in [-0.1, -0.05) is 25.5 Å². The molecule has 1 aromatic rings. The fourth-order valence-electron chi connectivity index (χ4n) is 6.93. The summed E-state index contributed by atoms with van der Waals surface area (Å²) in [7, 11) is 0. The number of aromatic amines is 1. The van der Waals surface area contributed by atoms with E-state index in [1.807, 2.05) is 12.3 Å². The number of H-pyrrole nitrogens is 1. The number of hydrogen-bond acceptors (Lipinski definition) is 2. The van der Waals surface area contributed by atoms with Crippen LogP contribution in [0.2, 0.25) is 0 Å². The molecule has 1 heterocycles. The zero-order chi connectivity index (χ0) is 17.2. The summed E-state index contributed by atoms with van der Waals surface area (Å²) in [5.41, 5.74) is 4.63. The Bertz CT molecular complexity index is 774. The van der Waals surface area contributed by atoms with Gasteiger partial charge in [0.2, 0.25) is 0 Å². The van der Waals surface area contributed by atoms with E-state index in [1.54, 1.807) is 0 Å². The van der Waals surface area contributed by atoms with E-state index in [4.69, 9.17) is 0 Å². The van der Waals surface area contributed by atoms with Gasteiger partial charge in [-0.25, -0.2) is 0 Å². The highest BCUT2D eigenvalue weighted by Gasteiger charge is 2.57. The van der Waals surface area contributed by atoms with Crippen LogP contribution in [0.15, 0.2) is 30.0 Å². The van der Waals surface area contributed by atoms with Crippen LogP contribution in [0.4, 0.5) is 0 Å². The van der Waals surface area contributed by atoms with Crippen molar-refractivity contribution >= 4 is 11.4 Å². The third kappa shape index (κ3) is 2.04. The largest absolute Gasteiger partial charge is 0.295 e. The molecule has 0 bridgehead atoms. The predicted molar refractivity (Wildman–Crippen MR) is 98.7 cm³/mol. The summed E-state index contributed by atoms with van der Waals surface area (Å²) >= 11 is 0. The second-order valence-corrected chi connectivity index (χ2v) is 9.24. The Kier molecular flexibility index (Phi) is 3.24. The van der Waals surface area contributed by atoms with Crippen molar-refractivity contribution in [2.24, 2.45) is 28.6 Å². The molecule has 5 rings (SSSR count). The molecule has 0 unspecified atom stereocenters. The molecule has 3 nitrogen and oxygen atoms in total. The Morgan fingerprint density at radius 3 is 2.80 bits per heavy atom. The van der Waals surface area contributed by atoms with E-state index in [2.05, 4.69) is 36.2 Å². The average molecular weight is 336 g/mol. The van der Waals surface area contributed by atoms with Crippen molar-refractivity contribution in [1.82, 2.24) is 10.2 Å². The number of nitrogens with one attached hydrogen (secondary N) is 1. The molecule has 0 radical (unpaired) electrons. The van der Waals surface area contributed by atoms with Gasteiger partial charge in [0.1, 0.15) is 0 Å². The lowest BCUT2D eigenvalue weighted by Crippen LogP contribution is -2.49. The Morgan fingerprint density at radius 2 is 2.00 bits per heavy atom. The molecule has 1 aromatic heterocycles. The van der Waals surface area contributed by atoms with Gasteiger partial charge in [-0.3, -0.25) is 9.89 Å². The second kappa shape index (κ2) is 5.18. The maximum absolute atomic E-state index is 11.9. The van der Waals surface area contributed by atoms with Crippen LogP contribution in [0.25, 0.3) is 5.57 Å². The molecule has 5 atom stereocenters. The Hall–Kier alpha value is -1.64. The van der Waals surface area contributed by atoms with Crippen molar-refractivity contribution < 1.29 is 4.79 Å². The first kappa shape index (κ1) is 15.6. The Morgan fingerprint density at radius 1 is 1.12 bits per heavy atom. The summed E-state index contributed by atoms with van der Waals surface area (Å²) < 4.78 is 0. The molecule has 4 aliphatic rings. The number of aromatic nitrogens is 2. The van der Waals surface area contributed by atoms with Gasteiger partial charge in [-0.05, 0) is 84.8 Å². The van der Waals surface area contributed by atoms with E-state index in [-0.39, 0.29) is 10.8 Å².